The molecular weight excluding hydrogens is 516 g/mol. The summed E-state index contributed by atoms with van der Waals surface area (Å²) in [6.45, 7) is 4.03. The number of nitrogens with zero attached hydrogens (tertiary/aromatic N) is 2. The second kappa shape index (κ2) is 11.4. The van der Waals surface area contributed by atoms with Gasteiger partial charge in [0.05, 0.1) is 64.0 Å². The molecule has 4 rings (SSSR count). The molecule has 0 amide bonds. The zero-order valence-corrected chi connectivity index (χ0v) is 22.8. The Hall–Kier alpha value is -1.29. The fourth-order valence-electron chi connectivity index (χ4n) is 4.69. The van der Waals surface area contributed by atoms with Crippen molar-refractivity contribution in [3.63, 3.8) is 0 Å². The Labute approximate surface area is 212 Å². The first-order valence-electron chi connectivity index (χ1n) is 12.1. The molecule has 0 unspecified atom stereocenters. The summed E-state index contributed by atoms with van der Waals surface area (Å²) in [5, 5.41) is 14.0. The molecule has 0 saturated carbocycles. The summed E-state index contributed by atoms with van der Waals surface area (Å²) in [6, 6.07) is 0.671. The normalized spacial score (nSPS) is 29.3. The van der Waals surface area contributed by atoms with Crippen molar-refractivity contribution < 1.29 is 34.4 Å². The van der Waals surface area contributed by atoms with E-state index < -0.39 is 20.2 Å². The molecule has 15 heteroatoms. The lowest BCUT2D eigenvalue weighted by atomic mass is 10.1. The fraction of sp³-hybridized carbons (Fsp3) is 0.900. The van der Waals surface area contributed by atoms with Crippen LogP contribution in [0.1, 0.15) is 25.7 Å². The van der Waals surface area contributed by atoms with E-state index in [1.54, 1.807) is 0 Å². The van der Waals surface area contributed by atoms with Crippen molar-refractivity contribution in [2.45, 2.75) is 49.9 Å². The molecule has 0 saturated heterocycles. The highest BCUT2D eigenvalue weighted by Gasteiger charge is 2.34. The highest BCUT2D eigenvalue weighted by atomic mass is 32.2. The molecule has 0 fully saturated rings. The zero-order valence-electron chi connectivity index (χ0n) is 20.4. The van der Waals surface area contributed by atoms with Crippen molar-refractivity contribution in [1.29, 1.82) is 0 Å². The number of hydrogen-bond donors (Lipinski definition) is 4. The van der Waals surface area contributed by atoms with E-state index in [0.717, 1.165) is 87.8 Å². The molecule has 12 nitrogen and oxygen atoms in total. The summed E-state index contributed by atoms with van der Waals surface area (Å²) in [7, 11) is -6.88. The van der Waals surface area contributed by atoms with Crippen LogP contribution in [0.3, 0.4) is 0 Å². The smallest absolute Gasteiger partial charge is 0.274 e. The number of rotatable bonds is 10. The van der Waals surface area contributed by atoms with Crippen LogP contribution < -0.4 is 21.3 Å². The number of guanidine groups is 2. The third-order valence-electron chi connectivity index (χ3n) is 6.59. The van der Waals surface area contributed by atoms with Gasteiger partial charge < -0.3 is 0 Å². The van der Waals surface area contributed by atoms with Gasteiger partial charge in [-0.2, -0.15) is 28.6 Å². The van der Waals surface area contributed by atoms with Crippen LogP contribution in [-0.2, 0) is 28.6 Å². The Balaban J connectivity index is 1.18. The van der Waals surface area contributed by atoms with E-state index in [9.17, 15) is 16.8 Å². The average molecular weight is 555 g/mol. The molecule has 4 aliphatic heterocycles. The molecule has 0 spiro atoms. The summed E-state index contributed by atoms with van der Waals surface area (Å²) >= 11 is 1.92. The van der Waals surface area contributed by atoms with E-state index in [1.807, 2.05) is 11.8 Å². The number of thioether (sulfide) groups is 1. The van der Waals surface area contributed by atoms with Crippen molar-refractivity contribution in [2.24, 2.45) is 0 Å². The Morgan fingerprint density at radius 3 is 1.40 bits per heavy atom. The van der Waals surface area contributed by atoms with E-state index in [0.29, 0.717) is 12.1 Å². The molecule has 200 valence electrons. The van der Waals surface area contributed by atoms with Gasteiger partial charge in [-0.15, -0.1) is 0 Å². The molecule has 35 heavy (non-hydrogen) atoms. The van der Waals surface area contributed by atoms with Crippen LogP contribution in [0, 0.1) is 0 Å². The first kappa shape index (κ1) is 26.8. The standard InChI is InChI=1S/C20H36N6O6S3/c1-34(27,28)31-11-15-3-7-25-9-5-17(23-19(25)21-15)13-33-14-18-6-10-26-8-4-16(22-20(26)24-18)12-32-35(2,29)30/h15-18H,3-14H2,1-2H3,(H2,21,22,23,24)/p+2/t15-,16-,17-,18-/m1/s1. The summed E-state index contributed by atoms with van der Waals surface area (Å²) in [4.78, 5) is 0. The van der Waals surface area contributed by atoms with E-state index in [4.69, 9.17) is 8.37 Å². The maximum atomic E-state index is 11.3. The minimum atomic E-state index is -3.44. The molecular formula is C20H38N6O6S3+2. The van der Waals surface area contributed by atoms with Gasteiger partial charge in [-0.3, -0.25) is 38.8 Å². The molecule has 4 heterocycles. The van der Waals surface area contributed by atoms with Gasteiger partial charge in [0.15, 0.2) is 0 Å². The van der Waals surface area contributed by atoms with Crippen molar-refractivity contribution in [1.82, 2.24) is 21.3 Å². The lowest BCUT2D eigenvalue weighted by Crippen LogP contribution is -2.61. The van der Waals surface area contributed by atoms with Gasteiger partial charge in [-0.1, -0.05) is 0 Å². The van der Waals surface area contributed by atoms with E-state index in [-0.39, 0.29) is 25.3 Å². The zero-order chi connectivity index (χ0) is 25.1. The van der Waals surface area contributed by atoms with Crippen LogP contribution >= 0.6 is 11.8 Å². The second-order valence-corrected chi connectivity index (χ2v) is 14.1. The third kappa shape index (κ3) is 8.37. The topological polar surface area (TPSA) is 141 Å². The molecule has 4 aliphatic rings. The Morgan fingerprint density at radius 2 is 1.03 bits per heavy atom. The van der Waals surface area contributed by atoms with Gasteiger partial charge in [-0.05, 0) is 0 Å². The third-order valence-corrected chi connectivity index (χ3v) is 9.00. The Bertz CT molecular complexity index is 966. The predicted octanol–water partition coefficient (Wildman–Crippen LogP) is -2.14. The molecule has 0 aromatic carbocycles. The van der Waals surface area contributed by atoms with Gasteiger partial charge in [0.2, 0.25) is 0 Å². The summed E-state index contributed by atoms with van der Waals surface area (Å²) in [6.07, 6.45) is 5.98. The van der Waals surface area contributed by atoms with E-state index in [1.165, 1.54) is 0 Å². The van der Waals surface area contributed by atoms with Gasteiger partial charge in [0.1, 0.15) is 12.1 Å². The summed E-state index contributed by atoms with van der Waals surface area (Å²) in [5.41, 5.74) is 0. The molecule has 0 aromatic rings. The Kier molecular flexibility index (Phi) is 8.72. The van der Waals surface area contributed by atoms with E-state index >= 15 is 0 Å². The number of hydrogen-bond acceptors (Lipinski definition) is 11. The van der Waals surface area contributed by atoms with Gasteiger partial charge in [0, 0.05) is 37.2 Å². The predicted molar refractivity (Wildman–Crippen MR) is 135 cm³/mol. The lowest BCUT2D eigenvalue weighted by molar-refractivity contribution is -0.542. The van der Waals surface area contributed by atoms with E-state index in [2.05, 4.69) is 30.4 Å². The minimum absolute atomic E-state index is 0.0176. The molecule has 0 aromatic heterocycles. The molecule has 4 atom stereocenters. The maximum absolute atomic E-state index is 11.3. The first-order chi connectivity index (χ1) is 16.5. The maximum Gasteiger partial charge on any atom is 0.346 e. The lowest BCUT2D eigenvalue weighted by Gasteiger charge is -2.32. The SMILES string of the molecule is CS(=O)(=O)OC[C@H]1CC[N+]2=C(N1)N[C@@H](CSC[C@H]1CC[N+]3=C(N[C@@H](COS(C)(=O)=O)CC3)N1)CC2. The second-order valence-electron chi connectivity index (χ2n) is 9.71. The van der Waals surface area contributed by atoms with Crippen LogP contribution in [0.15, 0.2) is 0 Å². The quantitative estimate of drug-likeness (QED) is 0.174. The van der Waals surface area contributed by atoms with Crippen molar-refractivity contribution >= 4 is 43.9 Å². The van der Waals surface area contributed by atoms with Crippen molar-refractivity contribution in [2.75, 3.05) is 63.4 Å². The van der Waals surface area contributed by atoms with Gasteiger partial charge >= 0.3 is 11.9 Å². The van der Waals surface area contributed by atoms with Crippen LogP contribution in [0.25, 0.3) is 0 Å². The average Bonchev–Trinajstić information content (AvgIpc) is 2.80. The van der Waals surface area contributed by atoms with Gasteiger partial charge in [0.25, 0.3) is 20.2 Å². The molecule has 0 aliphatic carbocycles. The van der Waals surface area contributed by atoms with Crippen molar-refractivity contribution in [3.8, 4) is 0 Å². The highest BCUT2D eigenvalue weighted by molar-refractivity contribution is 7.99. The number of nitrogens with one attached hydrogen (secondary N) is 4. The fourth-order valence-corrected chi connectivity index (χ4v) is 6.72. The van der Waals surface area contributed by atoms with Crippen LogP contribution in [0.2, 0.25) is 0 Å². The summed E-state index contributed by atoms with van der Waals surface area (Å²) in [5.74, 6) is 3.93. The molecule has 4 N–H and O–H groups in total. The first-order valence-corrected chi connectivity index (χ1v) is 16.9. The highest BCUT2D eigenvalue weighted by Crippen LogP contribution is 2.16. The molecule has 0 radical (unpaired) electrons. The van der Waals surface area contributed by atoms with Gasteiger partial charge in [-0.25, -0.2) is 0 Å². The van der Waals surface area contributed by atoms with Crippen molar-refractivity contribution in [3.05, 3.63) is 0 Å². The monoisotopic (exact) mass is 554 g/mol. The van der Waals surface area contributed by atoms with Crippen LogP contribution in [0.5, 0.6) is 0 Å². The summed E-state index contributed by atoms with van der Waals surface area (Å²) < 4.78 is 59.7. The van der Waals surface area contributed by atoms with Crippen LogP contribution in [0.4, 0.5) is 0 Å². The minimum Gasteiger partial charge on any atom is -0.274 e. The largest absolute Gasteiger partial charge is 0.346 e. The Morgan fingerprint density at radius 1 is 0.686 bits per heavy atom. The molecule has 0 bridgehead atoms. The van der Waals surface area contributed by atoms with Crippen LogP contribution in [-0.4, -0.2) is 125 Å².